The van der Waals surface area contributed by atoms with E-state index in [9.17, 15) is 14.4 Å². The Balaban J connectivity index is 0.000000336. The second-order valence-electron chi connectivity index (χ2n) is 6.10. The zero-order valence-electron chi connectivity index (χ0n) is 15.3. The van der Waals surface area contributed by atoms with Crippen LogP contribution in [0, 0.1) is 6.92 Å². The normalized spacial score (nSPS) is 12.2. The number of amides is 1. The smallest absolute Gasteiger partial charge is 0.335 e. The van der Waals surface area contributed by atoms with Gasteiger partial charge in [0.05, 0.1) is 0 Å². The van der Waals surface area contributed by atoms with Crippen LogP contribution in [0.2, 0.25) is 0 Å². The minimum absolute atomic E-state index is 0.252. The van der Waals surface area contributed by atoms with Crippen molar-refractivity contribution in [3.63, 3.8) is 0 Å². The van der Waals surface area contributed by atoms with Crippen molar-refractivity contribution in [2.24, 2.45) is 5.73 Å². The van der Waals surface area contributed by atoms with Crippen molar-refractivity contribution >= 4 is 17.8 Å². The number of carboxylic acids is 2. The Bertz CT molecular complexity index is 782. The lowest BCUT2D eigenvalue weighted by Gasteiger charge is -2.07. The largest absolute Gasteiger partial charge is 0.479 e. The van der Waals surface area contributed by atoms with E-state index in [-0.39, 0.29) is 5.91 Å². The number of benzene rings is 2. The van der Waals surface area contributed by atoms with E-state index in [1.807, 2.05) is 0 Å². The molecule has 0 radical (unpaired) electrons. The van der Waals surface area contributed by atoms with E-state index in [4.69, 9.17) is 26.2 Å². The molecule has 2 unspecified atom stereocenters. The van der Waals surface area contributed by atoms with Gasteiger partial charge in [-0.3, -0.25) is 4.79 Å². The number of rotatable bonds is 7. The molecular weight excluding hydrogens is 366 g/mol. The van der Waals surface area contributed by atoms with E-state index in [0.717, 1.165) is 5.56 Å². The summed E-state index contributed by atoms with van der Waals surface area (Å²) in [4.78, 5) is 30.3. The Morgan fingerprint density at radius 1 is 0.821 bits per heavy atom. The lowest BCUT2D eigenvalue weighted by Crippen LogP contribution is -2.39. The lowest BCUT2D eigenvalue weighted by molar-refractivity contribution is -0.165. The lowest BCUT2D eigenvalue weighted by atomic mass is 10.0. The average molecular weight is 389 g/mol. The van der Waals surface area contributed by atoms with Gasteiger partial charge < -0.3 is 26.2 Å². The first-order chi connectivity index (χ1) is 13.1. The van der Waals surface area contributed by atoms with Gasteiger partial charge in [0.2, 0.25) is 5.91 Å². The number of aryl methyl sites for hydroxylation is 2. The third kappa shape index (κ3) is 7.56. The highest BCUT2D eigenvalue weighted by atomic mass is 16.4. The van der Waals surface area contributed by atoms with E-state index < -0.39 is 24.1 Å². The second kappa shape index (κ2) is 10.8. The molecule has 28 heavy (non-hydrogen) atoms. The molecule has 150 valence electrons. The fourth-order valence-electron chi connectivity index (χ4n) is 2.15. The highest BCUT2D eigenvalue weighted by Crippen LogP contribution is 2.20. The van der Waals surface area contributed by atoms with Crippen molar-refractivity contribution in [1.82, 2.24) is 0 Å². The number of carbonyl (C=O) groups is 3. The van der Waals surface area contributed by atoms with E-state index in [1.165, 1.54) is 16.7 Å². The molecule has 2 rings (SSSR count). The number of carboxylic acid groups (broad SMARTS) is 2. The number of hydrogen-bond donors (Lipinski definition) is 5. The summed E-state index contributed by atoms with van der Waals surface area (Å²) >= 11 is 0. The number of aliphatic hydroxyl groups excluding tert-OH is 2. The Labute approximate surface area is 161 Å². The molecule has 0 fully saturated rings. The third-order valence-electron chi connectivity index (χ3n) is 3.80. The number of nitrogens with two attached hydrogens (primary N) is 1. The van der Waals surface area contributed by atoms with Gasteiger partial charge in [-0.05, 0) is 30.0 Å². The number of primary amides is 1. The summed E-state index contributed by atoms with van der Waals surface area (Å²) in [5.74, 6) is -3.79. The number of aliphatic carboxylic acids is 2. The van der Waals surface area contributed by atoms with Gasteiger partial charge in [0.25, 0.3) is 0 Å². The van der Waals surface area contributed by atoms with Gasteiger partial charge in [-0.15, -0.1) is 0 Å². The molecule has 0 saturated carbocycles. The van der Waals surface area contributed by atoms with Crippen LogP contribution in [0.4, 0.5) is 0 Å². The molecule has 1 amide bonds. The van der Waals surface area contributed by atoms with Crippen LogP contribution >= 0.6 is 0 Å². The summed E-state index contributed by atoms with van der Waals surface area (Å²) in [6.45, 7) is 2.08. The minimum Gasteiger partial charge on any atom is -0.479 e. The highest BCUT2D eigenvalue weighted by Gasteiger charge is 2.29. The number of aliphatic hydroxyl groups is 2. The summed E-state index contributed by atoms with van der Waals surface area (Å²) in [5, 5.41) is 32.5. The van der Waals surface area contributed by atoms with Crippen molar-refractivity contribution in [1.29, 1.82) is 0 Å². The van der Waals surface area contributed by atoms with Crippen LogP contribution in [0.1, 0.15) is 17.5 Å². The fourth-order valence-corrected chi connectivity index (χ4v) is 2.15. The maximum Gasteiger partial charge on any atom is 0.335 e. The fraction of sp³-hybridized carbons (Fsp3) is 0.250. The molecule has 0 spiro atoms. The molecule has 2 aromatic carbocycles. The summed E-state index contributed by atoms with van der Waals surface area (Å²) in [6.07, 6.45) is -3.41. The van der Waals surface area contributed by atoms with Gasteiger partial charge in [0.1, 0.15) is 0 Å². The van der Waals surface area contributed by atoms with Crippen molar-refractivity contribution in [2.45, 2.75) is 32.0 Å². The molecule has 6 N–H and O–H groups in total. The molecule has 8 nitrogen and oxygen atoms in total. The standard InChI is InChI=1S/C16H17NO.C4H6O6/c1-12-2-7-14(8-3-12)15-9-4-13(5-10-15)6-11-16(17)18;5-1(3(7)8)2(6)4(9)10/h2-5,7-10H,6,11H2,1H3,(H2,17,18);1-2,5-6H,(H,7,8)(H,9,10). The molecule has 2 aromatic rings. The monoisotopic (exact) mass is 389 g/mol. The SMILES string of the molecule is Cc1ccc(-c2ccc(CCC(N)=O)cc2)cc1.O=C(O)C(O)C(O)C(=O)O. The van der Waals surface area contributed by atoms with Crippen LogP contribution in [0.3, 0.4) is 0 Å². The predicted octanol–water partition coefficient (Wildman–Crippen LogP) is 0.957. The minimum atomic E-state index is -2.27. The Hall–Kier alpha value is -3.23. The molecule has 0 heterocycles. The number of carbonyl (C=O) groups excluding carboxylic acids is 1. The van der Waals surface area contributed by atoms with Crippen LogP contribution < -0.4 is 5.73 Å². The molecule has 0 aliphatic rings. The highest BCUT2D eigenvalue weighted by molar-refractivity contribution is 5.83. The quantitative estimate of drug-likeness (QED) is 0.472. The Kier molecular flexibility index (Phi) is 8.80. The molecular formula is C20H23NO7. The Morgan fingerprint density at radius 3 is 1.57 bits per heavy atom. The van der Waals surface area contributed by atoms with Gasteiger partial charge >= 0.3 is 11.9 Å². The number of hydrogen-bond acceptors (Lipinski definition) is 5. The van der Waals surface area contributed by atoms with Crippen molar-refractivity contribution < 1.29 is 34.8 Å². The van der Waals surface area contributed by atoms with Crippen molar-refractivity contribution in [2.75, 3.05) is 0 Å². The molecule has 0 aliphatic heterocycles. The van der Waals surface area contributed by atoms with Crippen LogP contribution in [0.25, 0.3) is 11.1 Å². The van der Waals surface area contributed by atoms with Gasteiger partial charge in [-0.1, -0.05) is 54.1 Å². The Morgan fingerprint density at radius 2 is 1.21 bits per heavy atom. The van der Waals surface area contributed by atoms with Gasteiger partial charge in [-0.25, -0.2) is 9.59 Å². The predicted molar refractivity (Wildman–Crippen MR) is 101 cm³/mol. The van der Waals surface area contributed by atoms with Crippen LogP contribution in [-0.2, 0) is 20.8 Å². The van der Waals surface area contributed by atoms with Gasteiger partial charge in [0.15, 0.2) is 12.2 Å². The molecule has 0 saturated heterocycles. The summed E-state index contributed by atoms with van der Waals surface area (Å²) in [7, 11) is 0. The van der Waals surface area contributed by atoms with Crippen molar-refractivity contribution in [3.8, 4) is 11.1 Å². The zero-order chi connectivity index (χ0) is 21.3. The van der Waals surface area contributed by atoms with Crippen LogP contribution in [-0.4, -0.2) is 50.5 Å². The zero-order valence-corrected chi connectivity index (χ0v) is 15.3. The first-order valence-corrected chi connectivity index (χ1v) is 8.38. The van der Waals surface area contributed by atoms with E-state index >= 15 is 0 Å². The van der Waals surface area contributed by atoms with E-state index in [2.05, 4.69) is 55.5 Å². The maximum atomic E-state index is 10.7. The van der Waals surface area contributed by atoms with Crippen molar-refractivity contribution in [3.05, 3.63) is 59.7 Å². The molecule has 8 heteroatoms. The van der Waals surface area contributed by atoms with Crippen LogP contribution in [0.15, 0.2) is 48.5 Å². The first-order valence-electron chi connectivity index (χ1n) is 8.38. The second-order valence-corrected chi connectivity index (χ2v) is 6.10. The molecule has 0 aromatic heterocycles. The van der Waals surface area contributed by atoms with Crippen LogP contribution in [0.5, 0.6) is 0 Å². The topological polar surface area (TPSA) is 158 Å². The summed E-state index contributed by atoms with van der Waals surface area (Å²) in [6, 6.07) is 16.7. The third-order valence-corrected chi connectivity index (χ3v) is 3.80. The summed E-state index contributed by atoms with van der Waals surface area (Å²) in [5.41, 5.74) is 9.94. The maximum absolute atomic E-state index is 10.7. The molecule has 0 bridgehead atoms. The molecule has 2 atom stereocenters. The van der Waals surface area contributed by atoms with Gasteiger partial charge in [-0.2, -0.15) is 0 Å². The average Bonchev–Trinajstić information content (AvgIpc) is 2.66. The molecule has 0 aliphatic carbocycles. The summed E-state index contributed by atoms with van der Waals surface area (Å²) < 4.78 is 0. The van der Waals surface area contributed by atoms with E-state index in [1.54, 1.807) is 0 Å². The van der Waals surface area contributed by atoms with E-state index in [0.29, 0.717) is 12.8 Å². The first kappa shape index (κ1) is 22.8. The van der Waals surface area contributed by atoms with Gasteiger partial charge in [0, 0.05) is 6.42 Å².